The number of imidazole rings is 1. The van der Waals surface area contributed by atoms with Gasteiger partial charge in [-0.2, -0.15) is 0 Å². The maximum atomic E-state index is 13.8. The van der Waals surface area contributed by atoms with Crippen LogP contribution >= 0.6 is 0 Å². The molecule has 0 spiro atoms. The minimum atomic E-state index is -0.455. The second-order valence-corrected chi connectivity index (χ2v) is 7.40. The smallest absolute Gasteiger partial charge is 0.308 e. The molecule has 0 atom stereocenters. The second kappa shape index (κ2) is 7.62. The van der Waals surface area contributed by atoms with Crippen LogP contribution in [0, 0.1) is 11.7 Å². The number of piperidine rings is 1. The quantitative estimate of drug-likeness (QED) is 0.694. The van der Waals surface area contributed by atoms with Gasteiger partial charge in [0.05, 0.1) is 11.0 Å². The fourth-order valence-corrected chi connectivity index (χ4v) is 4.10. The predicted octanol–water partition coefficient (Wildman–Crippen LogP) is 3.58. The lowest BCUT2D eigenvalue weighted by atomic mass is 9.91. The molecule has 5 nitrogen and oxygen atoms in total. The van der Waals surface area contributed by atoms with Crippen LogP contribution in [0.15, 0.2) is 53.3 Å². The Labute approximate surface area is 163 Å². The number of hydrogen-bond donors (Lipinski definition) is 0. The molecular formula is C22H24FN3O2. The van der Waals surface area contributed by atoms with Gasteiger partial charge < -0.3 is 5.01 Å². The molecule has 1 fully saturated rings. The summed E-state index contributed by atoms with van der Waals surface area (Å²) in [5, 5.41) is 1.99. The molecule has 6 heteroatoms. The van der Waals surface area contributed by atoms with Gasteiger partial charge in [0.1, 0.15) is 5.82 Å². The molecule has 28 heavy (non-hydrogen) atoms. The Morgan fingerprint density at radius 3 is 2.46 bits per heavy atom. The minimum Gasteiger partial charge on any atom is -0.308 e. The highest BCUT2D eigenvalue weighted by Gasteiger charge is 2.25. The highest BCUT2D eigenvalue weighted by atomic mass is 19.1. The summed E-state index contributed by atoms with van der Waals surface area (Å²) in [7, 11) is 0. The molecule has 0 amide bonds. The molecular weight excluding hydrogens is 357 g/mol. The minimum absolute atomic E-state index is 0.189. The number of halogens is 1. The summed E-state index contributed by atoms with van der Waals surface area (Å²) < 4.78 is 16.4. The zero-order chi connectivity index (χ0) is 19.7. The molecule has 2 aromatic carbocycles. The third-order valence-electron chi connectivity index (χ3n) is 5.57. The summed E-state index contributed by atoms with van der Waals surface area (Å²) in [6.07, 6.45) is 3.16. The van der Waals surface area contributed by atoms with Gasteiger partial charge in [0.15, 0.2) is 0 Å². The average Bonchev–Trinajstić information content (AvgIpc) is 3.00. The van der Waals surface area contributed by atoms with E-state index in [1.807, 2.05) is 11.1 Å². The lowest BCUT2D eigenvalue weighted by Gasteiger charge is -2.33. The molecule has 0 unspecified atom stereocenters. The number of aromatic nitrogens is 2. The van der Waals surface area contributed by atoms with Gasteiger partial charge in [-0.1, -0.05) is 37.3 Å². The van der Waals surface area contributed by atoms with Crippen LogP contribution < -0.4 is 10.7 Å². The lowest BCUT2D eigenvalue weighted by Crippen LogP contribution is -2.47. The van der Waals surface area contributed by atoms with Crippen molar-refractivity contribution in [2.45, 2.75) is 32.6 Å². The van der Waals surface area contributed by atoms with Crippen LogP contribution in [0.25, 0.3) is 11.0 Å². The van der Waals surface area contributed by atoms with E-state index >= 15 is 0 Å². The van der Waals surface area contributed by atoms with Crippen LogP contribution in [-0.2, 0) is 6.42 Å². The van der Waals surface area contributed by atoms with Gasteiger partial charge in [0.2, 0.25) is 5.91 Å². The third kappa shape index (κ3) is 3.35. The molecule has 0 radical (unpaired) electrons. The van der Waals surface area contributed by atoms with Crippen molar-refractivity contribution in [2.24, 2.45) is 5.92 Å². The number of carbonyl (C=O) groups excluding carboxylic acids is 1. The maximum Gasteiger partial charge on any atom is 0.354 e. The standard InChI is InChI=1S/C22H24FN3O2/c1-2-21(27)25-20-15-18(23)8-9-19(20)26(22(25)28)24-12-10-17(11-13-24)14-16-6-4-3-5-7-16/h3-9,15,17H,2,10-14H2,1H3. The van der Waals surface area contributed by atoms with Crippen LogP contribution in [0.2, 0.25) is 0 Å². The Bertz CT molecular complexity index is 1050. The van der Waals surface area contributed by atoms with E-state index in [0.29, 0.717) is 17.0 Å². The number of carbonyl (C=O) groups is 1. The van der Waals surface area contributed by atoms with Crippen molar-refractivity contribution in [2.75, 3.05) is 18.1 Å². The van der Waals surface area contributed by atoms with Gasteiger partial charge in [-0.25, -0.2) is 18.4 Å². The Morgan fingerprint density at radius 1 is 1.07 bits per heavy atom. The highest BCUT2D eigenvalue weighted by molar-refractivity contribution is 5.90. The molecule has 3 aromatic rings. The Balaban J connectivity index is 1.61. The van der Waals surface area contributed by atoms with Gasteiger partial charge in [-0.3, -0.25) is 4.79 Å². The van der Waals surface area contributed by atoms with Crippen LogP contribution in [0.1, 0.15) is 36.5 Å². The van der Waals surface area contributed by atoms with E-state index in [4.69, 9.17) is 0 Å². The molecule has 0 N–H and O–H groups in total. The SMILES string of the molecule is CCC(=O)n1c(=O)n(N2CCC(Cc3ccccc3)CC2)c2ccc(F)cc21. The van der Waals surface area contributed by atoms with Gasteiger partial charge in [0.25, 0.3) is 0 Å². The van der Waals surface area contributed by atoms with E-state index in [1.54, 1.807) is 17.7 Å². The molecule has 1 aromatic heterocycles. The van der Waals surface area contributed by atoms with Crippen molar-refractivity contribution in [3.05, 3.63) is 70.4 Å². The van der Waals surface area contributed by atoms with Crippen LogP contribution in [0.5, 0.6) is 0 Å². The summed E-state index contributed by atoms with van der Waals surface area (Å²) in [6.45, 7) is 3.16. The molecule has 1 saturated heterocycles. The van der Waals surface area contributed by atoms with E-state index < -0.39 is 11.5 Å². The highest BCUT2D eigenvalue weighted by Crippen LogP contribution is 2.23. The second-order valence-electron chi connectivity index (χ2n) is 7.40. The van der Waals surface area contributed by atoms with E-state index in [2.05, 4.69) is 24.3 Å². The lowest BCUT2D eigenvalue weighted by molar-refractivity contribution is 0.0908. The van der Waals surface area contributed by atoms with Crippen molar-refractivity contribution in [1.82, 2.24) is 9.24 Å². The summed E-state index contributed by atoms with van der Waals surface area (Å²) in [5.74, 6) is -0.209. The number of rotatable bonds is 4. The molecule has 146 valence electrons. The van der Waals surface area contributed by atoms with Gasteiger partial charge in [-0.05, 0) is 42.9 Å². The number of benzene rings is 2. The van der Waals surface area contributed by atoms with Crippen molar-refractivity contribution in [3.63, 3.8) is 0 Å². The number of fused-ring (bicyclic) bond motifs is 1. The maximum absolute atomic E-state index is 13.8. The molecule has 1 aliphatic heterocycles. The summed E-state index contributed by atoms with van der Waals surface area (Å²) in [6, 6.07) is 14.6. The van der Waals surface area contributed by atoms with Gasteiger partial charge in [0, 0.05) is 25.6 Å². The summed E-state index contributed by atoms with van der Waals surface area (Å²) in [5.41, 5.74) is 1.84. The Morgan fingerprint density at radius 2 is 1.79 bits per heavy atom. The Kier molecular flexibility index (Phi) is 5.03. The summed E-state index contributed by atoms with van der Waals surface area (Å²) >= 11 is 0. The summed E-state index contributed by atoms with van der Waals surface area (Å²) in [4.78, 5) is 25.3. The Hall–Kier alpha value is -2.89. The third-order valence-corrected chi connectivity index (χ3v) is 5.57. The molecule has 0 saturated carbocycles. The van der Waals surface area contributed by atoms with Crippen LogP contribution in [0.4, 0.5) is 4.39 Å². The fraction of sp³-hybridized carbons (Fsp3) is 0.364. The number of nitrogens with zero attached hydrogens (tertiary/aromatic N) is 3. The first-order valence-corrected chi connectivity index (χ1v) is 9.84. The van der Waals surface area contributed by atoms with Gasteiger partial charge >= 0.3 is 5.69 Å². The van der Waals surface area contributed by atoms with E-state index in [9.17, 15) is 14.0 Å². The first-order valence-electron chi connectivity index (χ1n) is 9.84. The molecule has 2 heterocycles. The van der Waals surface area contributed by atoms with Gasteiger partial charge in [-0.15, -0.1) is 0 Å². The molecule has 0 bridgehead atoms. The van der Waals surface area contributed by atoms with Crippen LogP contribution in [0.3, 0.4) is 0 Å². The first kappa shape index (κ1) is 18.5. The topological polar surface area (TPSA) is 47.2 Å². The predicted molar refractivity (Wildman–Crippen MR) is 108 cm³/mol. The van der Waals surface area contributed by atoms with E-state index in [1.165, 1.54) is 17.7 Å². The largest absolute Gasteiger partial charge is 0.354 e. The average molecular weight is 381 g/mol. The molecule has 4 rings (SSSR count). The zero-order valence-corrected chi connectivity index (χ0v) is 16.0. The zero-order valence-electron chi connectivity index (χ0n) is 16.0. The van der Waals surface area contributed by atoms with E-state index in [0.717, 1.165) is 36.9 Å². The molecule has 1 aliphatic rings. The molecule has 0 aliphatic carbocycles. The van der Waals surface area contributed by atoms with E-state index in [-0.39, 0.29) is 12.3 Å². The monoisotopic (exact) mass is 381 g/mol. The van der Waals surface area contributed by atoms with Crippen molar-refractivity contribution < 1.29 is 9.18 Å². The van der Waals surface area contributed by atoms with Crippen molar-refractivity contribution >= 4 is 16.9 Å². The fourth-order valence-electron chi connectivity index (χ4n) is 4.10. The van der Waals surface area contributed by atoms with Crippen molar-refractivity contribution in [3.8, 4) is 0 Å². The van der Waals surface area contributed by atoms with Crippen molar-refractivity contribution in [1.29, 1.82) is 0 Å². The van der Waals surface area contributed by atoms with Crippen LogP contribution in [-0.4, -0.2) is 28.2 Å². The normalized spacial score (nSPS) is 15.3. The number of hydrogen-bond acceptors (Lipinski definition) is 3. The first-order chi connectivity index (χ1) is 13.6.